The van der Waals surface area contributed by atoms with Gasteiger partial charge in [0.1, 0.15) is 0 Å². The SMILES string of the molecule is CC[C@H](C)Oc1c(Cl)cc(/C=N\NC(=O)c2ccccc2-n2cccc2)cc1OC. The number of para-hydroxylation sites is 1. The van der Waals surface area contributed by atoms with Gasteiger partial charge in [-0.1, -0.05) is 30.7 Å². The predicted octanol–water partition coefficient (Wildman–Crippen LogP) is 5.08. The first kappa shape index (κ1) is 21.5. The lowest BCUT2D eigenvalue weighted by molar-refractivity contribution is 0.0955. The van der Waals surface area contributed by atoms with E-state index >= 15 is 0 Å². The van der Waals surface area contributed by atoms with E-state index in [1.54, 1.807) is 25.3 Å². The number of amides is 1. The summed E-state index contributed by atoms with van der Waals surface area (Å²) in [6, 6.07) is 14.6. The van der Waals surface area contributed by atoms with Crippen molar-refractivity contribution < 1.29 is 14.3 Å². The van der Waals surface area contributed by atoms with Crippen LogP contribution in [0.25, 0.3) is 5.69 Å². The number of hydrogen-bond acceptors (Lipinski definition) is 4. The maximum Gasteiger partial charge on any atom is 0.273 e. The molecule has 0 unspecified atom stereocenters. The molecule has 0 spiro atoms. The van der Waals surface area contributed by atoms with Gasteiger partial charge in [0.15, 0.2) is 11.5 Å². The van der Waals surface area contributed by atoms with Crippen molar-refractivity contribution in [2.45, 2.75) is 26.4 Å². The van der Waals surface area contributed by atoms with Crippen LogP contribution in [0.15, 0.2) is 66.0 Å². The predicted molar refractivity (Wildman–Crippen MR) is 119 cm³/mol. The Labute approximate surface area is 181 Å². The van der Waals surface area contributed by atoms with Crippen molar-refractivity contribution in [3.8, 4) is 17.2 Å². The van der Waals surface area contributed by atoms with Crippen LogP contribution in [-0.2, 0) is 0 Å². The number of aromatic nitrogens is 1. The van der Waals surface area contributed by atoms with Crippen LogP contribution in [0, 0.1) is 0 Å². The zero-order chi connectivity index (χ0) is 21.5. The summed E-state index contributed by atoms with van der Waals surface area (Å²) in [6.07, 6.45) is 6.13. The van der Waals surface area contributed by atoms with Gasteiger partial charge < -0.3 is 14.0 Å². The molecule has 0 radical (unpaired) electrons. The molecule has 2 aromatic carbocycles. The summed E-state index contributed by atoms with van der Waals surface area (Å²) in [5.41, 5.74) is 4.52. The number of nitrogens with zero attached hydrogens (tertiary/aromatic N) is 2. The lowest BCUT2D eigenvalue weighted by atomic mass is 10.1. The summed E-state index contributed by atoms with van der Waals surface area (Å²) in [5.74, 6) is 0.689. The molecule has 6 nitrogen and oxygen atoms in total. The lowest BCUT2D eigenvalue weighted by Crippen LogP contribution is -2.19. The molecule has 0 saturated carbocycles. The second-order valence-electron chi connectivity index (χ2n) is 6.68. The third-order valence-corrected chi connectivity index (χ3v) is 4.84. The zero-order valence-electron chi connectivity index (χ0n) is 17.1. The minimum Gasteiger partial charge on any atom is -0.493 e. The molecule has 0 aliphatic carbocycles. The van der Waals surface area contributed by atoms with E-state index in [9.17, 15) is 4.79 Å². The first-order chi connectivity index (χ1) is 14.5. The number of halogens is 1. The third kappa shape index (κ3) is 5.02. The van der Waals surface area contributed by atoms with E-state index in [1.165, 1.54) is 6.21 Å². The van der Waals surface area contributed by atoms with Gasteiger partial charge in [0, 0.05) is 12.4 Å². The molecule has 0 aliphatic rings. The monoisotopic (exact) mass is 425 g/mol. The number of nitrogens with one attached hydrogen (secondary N) is 1. The largest absolute Gasteiger partial charge is 0.493 e. The summed E-state index contributed by atoms with van der Waals surface area (Å²) in [4.78, 5) is 12.6. The molecule has 1 aromatic heterocycles. The van der Waals surface area contributed by atoms with Gasteiger partial charge in [-0.2, -0.15) is 5.10 Å². The van der Waals surface area contributed by atoms with Crippen LogP contribution in [0.4, 0.5) is 0 Å². The second kappa shape index (κ2) is 9.98. The van der Waals surface area contributed by atoms with Gasteiger partial charge in [-0.25, -0.2) is 5.43 Å². The first-order valence-electron chi connectivity index (χ1n) is 9.63. The van der Waals surface area contributed by atoms with Crippen molar-refractivity contribution in [2.75, 3.05) is 7.11 Å². The molecule has 0 bridgehead atoms. The van der Waals surface area contributed by atoms with Gasteiger partial charge >= 0.3 is 0 Å². The summed E-state index contributed by atoms with van der Waals surface area (Å²) in [5, 5.41) is 4.49. The molecule has 3 aromatic rings. The van der Waals surface area contributed by atoms with Crippen LogP contribution in [0.5, 0.6) is 11.5 Å². The van der Waals surface area contributed by atoms with Gasteiger partial charge in [-0.3, -0.25) is 4.79 Å². The van der Waals surface area contributed by atoms with Gasteiger partial charge in [-0.05, 0) is 55.3 Å². The van der Waals surface area contributed by atoms with Gasteiger partial charge in [0.05, 0.1) is 35.7 Å². The van der Waals surface area contributed by atoms with Crippen molar-refractivity contribution in [3.63, 3.8) is 0 Å². The number of rotatable bonds is 8. The van der Waals surface area contributed by atoms with Crippen LogP contribution < -0.4 is 14.9 Å². The third-order valence-electron chi connectivity index (χ3n) is 4.56. The Kier molecular flexibility index (Phi) is 7.14. The van der Waals surface area contributed by atoms with E-state index in [1.807, 2.05) is 61.1 Å². The van der Waals surface area contributed by atoms with Gasteiger partial charge in [0.2, 0.25) is 0 Å². The Morgan fingerprint density at radius 1 is 1.23 bits per heavy atom. The van der Waals surface area contributed by atoms with Crippen molar-refractivity contribution in [1.29, 1.82) is 0 Å². The molecule has 1 amide bonds. The smallest absolute Gasteiger partial charge is 0.273 e. The molecular weight excluding hydrogens is 402 g/mol. The maximum absolute atomic E-state index is 12.6. The highest BCUT2D eigenvalue weighted by atomic mass is 35.5. The van der Waals surface area contributed by atoms with E-state index in [2.05, 4.69) is 10.5 Å². The Bertz CT molecular complexity index is 1030. The highest BCUT2D eigenvalue weighted by Crippen LogP contribution is 2.37. The standard InChI is InChI=1S/C23H24ClN3O3/c1-4-16(2)30-22-19(24)13-17(14-21(22)29-3)15-25-26-23(28)18-9-5-6-10-20(18)27-11-7-8-12-27/h5-16H,4H2,1-3H3,(H,26,28)/b25-15-/t16-/m0/s1. The van der Waals surface area contributed by atoms with E-state index in [-0.39, 0.29) is 12.0 Å². The first-order valence-corrected chi connectivity index (χ1v) is 10.0. The van der Waals surface area contributed by atoms with Crippen molar-refractivity contribution in [1.82, 2.24) is 9.99 Å². The highest BCUT2D eigenvalue weighted by Gasteiger charge is 2.14. The van der Waals surface area contributed by atoms with Crippen molar-refractivity contribution >= 4 is 23.7 Å². The summed E-state index contributed by atoms with van der Waals surface area (Å²) < 4.78 is 13.1. The Hall–Kier alpha value is -3.25. The van der Waals surface area contributed by atoms with Crippen LogP contribution in [0.3, 0.4) is 0 Å². The minimum absolute atomic E-state index is 0.00979. The topological polar surface area (TPSA) is 64.8 Å². The second-order valence-corrected chi connectivity index (χ2v) is 7.08. The van der Waals surface area contributed by atoms with Crippen molar-refractivity contribution in [2.24, 2.45) is 5.10 Å². The molecule has 0 aliphatic heterocycles. The maximum atomic E-state index is 12.6. The number of carbonyl (C=O) groups is 1. The van der Waals surface area contributed by atoms with E-state index in [0.717, 1.165) is 12.1 Å². The van der Waals surface area contributed by atoms with Gasteiger partial charge in [-0.15, -0.1) is 0 Å². The van der Waals surface area contributed by atoms with Crippen LogP contribution in [0.2, 0.25) is 5.02 Å². The molecule has 1 N–H and O–H groups in total. The Morgan fingerprint density at radius 3 is 2.67 bits per heavy atom. The number of ether oxygens (including phenoxy) is 2. The van der Waals surface area contributed by atoms with Crippen LogP contribution in [-0.4, -0.2) is 29.9 Å². The molecular formula is C23H24ClN3O3. The molecule has 1 atom stereocenters. The summed E-state index contributed by atoms with van der Waals surface area (Å²) in [7, 11) is 1.55. The molecule has 7 heteroatoms. The zero-order valence-corrected chi connectivity index (χ0v) is 17.9. The summed E-state index contributed by atoms with van der Waals surface area (Å²) in [6.45, 7) is 4.00. The molecule has 0 saturated heterocycles. The molecule has 3 rings (SSSR count). The fourth-order valence-corrected chi connectivity index (χ4v) is 3.09. The van der Waals surface area contributed by atoms with E-state index in [4.69, 9.17) is 21.1 Å². The quantitative estimate of drug-likeness (QED) is 0.404. The molecule has 0 fully saturated rings. The number of methoxy groups -OCH3 is 1. The van der Waals surface area contributed by atoms with Crippen molar-refractivity contribution in [3.05, 3.63) is 77.1 Å². The average molecular weight is 426 g/mol. The van der Waals surface area contributed by atoms with E-state index < -0.39 is 0 Å². The normalized spacial score (nSPS) is 12.0. The number of benzene rings is 2. The fraction of sp³-hybridized carbons (Fsp3) is 0.217. The average Bonchev–Trinajstić information content (AvgIpc) is 3.29. The number of hydrogen-bond donors (Lipinski definition) is 1. The molecule has 1 heterocycles. The number of carbonyl (C=O) groups excluding carboxylic acids is 1. The molecule has 30 heavy (non-hydrogen) atoms. The number of hydrazone groups is 1. The fourth-order valence-electron chi connectivity index (χ4n) is 2.82. The minimum atomic E-state index is -0.315. The Balaban J connectivity index is 1.76. The van der Waals surface area contributed by atoms with Crippen LogP contribution in [0.1, 0.15) is 36.2 Å². The lowest BCUT2D eigenvalue weighted by Gasteiger charge is -2.17. The highest BCUT2D eigenvalue weighted by molar-refractivity contribution is 6.32. The Morgan fingerprint density at radius 2 is 1.97 bits per heavy atom. The molecule has 156 valence electrons. The summed E-state index contributed by atoms with van der Waals surface area (Å²) >= 11 is 6.37. The van der Waals surface area contributed by atoms with Gasteiger partial charge in [0.25, 0.3) is 5.91 Å². The van der Waals surface area contributed by atoms with E-state index in [0.29, 0.717) is 27.6 Å². The van der Waals surface area contributed by atoms with Crippen LogP contribution >= 0.6 is 11.6 Å².